The second-order valence-corrected chi connectivity index (χ2v) is 10.0. The SMILES string of the molecule is O=C(Nc1ccccc1F)C(=O)N1CC2(C[C@H]1C(=O)N[C@@H](C[C@@H]1CCNC1=O)C(=O)COC(F)(F)F)CC2(F)F. The van der Waals surface area contributed by atoms with Crippen LogP contribution in [0.5, 0.6) is 0 Å². The largest absolute Gasteiger partial charge is 0.522 e. The van der Waals surface area contributed by atoms with E-state index >= 15 is 0 Å². The van der Waals surface area contributed by atoms with Gasteiger partial charge >= 0.3 is 18.2 Å². The van der Waals surface area contributed by atoms with Gasteiger partial charge in [0.25, 0.3) is 5.92 Å². The molecule has 4 amide bonds. The fourth-order valence-corrected chi connectivity index (χ4v) is 5.02. The number of Topliss-reactive ketones (excluding diaryl/α,β-unsaturated/α-hetero) is 1. The van der Waals surface area contributed by atoms with Gasteiger partial charge in [-0.15, -0.1) is 13.2 Å². The number of hydrogen-bond acceptors (Lipinski definition) is 6. The zero-order valence-corrected chi connectivity index (χ0v) is 20.7. The van der Waals surface area contributed by atoms with E-state index in [-0.39, 0.29) is 18.7 Å². The Bertz CT molecular complexity index is 1230. The normalized spacial score (nSPS) is 25.9. The summed E-state index contributed by atoms with van der Waals surface area (Å²) in [5, 5.41) is 6.67. The van der Waals surface area contributed by atoms with Crippen molar-refractivity contribution in [3.63, 3.8) is 0 Å². The molecule has 2 saturated heterocycles. The molecular formula is C24H24F6N4O6. The van der Waals surface area contributed by atoms with Crippen LogP contribution in [-0.2, 0) is 28.7 Å². The van der Waals surface area contributed by atoms with Gasteiger partial charge in [0.05, 0.1) is 17.1 Å². The Labute approximate surface area is 222 Å². The summed E-state index contributed by atoms with van der Waals surface area (Å²) in [7, 11) is 0. The molecule has 3 fully saturated rings. The van der Waals surface area contributed by atoms with Crippen LogP contribution in [0, 0.1) is 17.2 Å². The van der Waals surface area contributed by atoms with Crippen LogP contribution in [0.3, 0.4) is 0 Å². The van der Waals surface area contributed by atoms with Crippen molar-refractivity contribution in [1.29, 1.82) is 0 Å². The summed E-state index contributed by atoms with van der Waals surface area (Å²) < 4.78 is 83.5. The molecule has 1 saturated carbocycles. The molecule has 1 aliphatic carbocycles. The van der Waals surface area contributed by atoms with Crippen LogP contribution in [0.2, 0.25) is 0 Å². The summed E-state index contributed by atoms with van der Waals surface area (Å²) in [5.41, 5.74) is -2.20. The molecule has 10 nitrogen and oxygen atoms in total. The highest BCUT2D eigenvalue weighted by atomic mass is 19.4. The van der Waals surface area contributed by atoms with Crippen molar-refractivity contribution >= 4 is 35.1 Å². The van der Waals surface area contributed by atoms with Crippen molar-refractivity contribution in [2.45, 2.75) is 50.1 Å². The molecule has 3 aliphatic rings. The van der Waals surface area contributed by atoms with Crippen LogP contribution >= 0.6 is 0 Å². The highest BCUT2D eigenvalue weighted by Crippen LogP contribution is 2.66. The number of alkyl halides is 5. The predicted molar refractivity (Wildman–Crippen MR) is 122 cm³/mol. The minimum absolute atomic E-state index is 0.220. The molecule has 0 bridgehead atoms. The second-order valence-electron chi connectivity index (χ2n) is 10.0. The van der Waals surface area contributed by atoms with Gasteiger partial charge in [-0.3, -0.25) is 28.7 Å². The maximum absolute atomic E-state index is 14.2. The fourth-order valence-electron chi connectivity index (χ4n) is 5.02. The lowest BCUT2D eigenvalue weighted by atomic mass is 9.95. The number of nitrogens with zero attached hydrogens (tertiary/aromatic N) is 1. The predicted octanol–water partition coefficient (Wildman–Crippen LogP) is 1.51. The summed E-state index contributed by atoms with van der Waals surface area (Å²) in [6, 6.07) is 1.42. The molecule has 2 aliphatic heterocycles. The molecule has 3 N–H and O–H groups in total. The molecule has 1 aromatic rings. The molecule has 0 radical (unpaired) electrons. The molecule has 1 unspecified atom stereocenters. The zero-order chi connectivity index (χ0) is 29.5. The Morgan fingerprint density at radius 2 is 1.85 bits per heavy atom. The van der Waals surface area contributed by atoms with Gasteiger partial charge in [0.15, 0.2) is 5.78 Å². The first-order valence-corrected chi connectivity index (χ1v) is 12.2. The van der Waals surface area contributed by atoms with Gasteiger partial charge < -0.3 is 20.9 Å². The number of carbonyl (C=O) groups excluding carboxylic acids is 5. The minimum Gasteiger partial charge on any atom is -0.356 e. The summed E-state index contributed by atoms with van der Waals surface area (Å²) in [6.45, 7) is -1.97. The van der Waals surface area contributed by atoms with Gasteiger partial charge in [-0.05, 0) is 31.4 Å². The minimum atomic E-state index is -5.17. The Morgan fingerprint density at radius 1 is 1.18 bits per heavy atom. The topological polar surface area (TPSA) is 134 Å². The number of ketones is 1. The highest BCUT2D eigenvalue weighted by molar-refractivity contribution is 6.40. The summed E-state index contributed by atoms with van der Waals surface area (Å²) in [6.07, 6.45) is -6.65. The smallest absolute Gasteiger partial charge is 0.356 e. The summed E-state index contributed by atoms with van der Waals surface area (Å²) >= 11 is 0. The maximum atomic E-state index is 14.2. The quantitative estimate of drug-likeness (QED) is 0.317. The first-order valence-electron chi connectivity index (χ1n) is 12.2. The van der Waals surface area contributed by atoms with E-state index in [4.69, 9.17) is 0 Å². The van der Waals surface area contributed by atoms with Crippen molar-refractivity contribution in [3.05, 3.63) is 30.1 Å². The van der Waals surface area contributed by atoms with Gasteiger partial charge in [0.1, 0.15) is 18.5 Å². The van der Waals surface area contributed by atoms with Crippen LogP contribution in [0.25, 0.3) is 0 Å². The van der Waals surface area contributed by atoms with Crippen LogP contribution in [0.4, 0.5) is 32.0 Å². The number of ether oxygens (including phenoxy) is 1. The van der Waals surface area contributed by atoms with Gasteiger partial charge in [-0.1, -0.05) is 12.1 Å². The number of amides is 4. The van der Waals surface area contributed by atoms with Crippen molar-refractivity contribution < 1.29 is 55.1 Å². The third-order valence-electron chi connectivity index (χ3n) is 7.29. The first kappa shape index (κ1) is 29.3. The van der Waals surface area contributed by atoms with E-state index in [9.17, 15) is 50.3 Å². The molecule has 1 spiro atoms. The first-order chi connectivity index (χ1) is 18.6. The van der Waals surface area contributed by atoms with E-state index in [0.717, 1.165) is 12.1 Å². The molecular weight excluding hydrogens is 554 g/mol. The fraction of sp³-hybridized carbons (Fsp3) is 0.542. The van der Waals surface area contributed by atoms with Crippen LogP contribution in [0.1, 0.15) is 25.7 Å². The van der Waals surface area contributed by atoms with Crippen LogP contribution in [0.15, 0.2) is 24.3 Å². The number of carbonyl (C=O) groups is 5. The summed E-state index contributed by atoms with van der Waals surface area (Å²) in [4.78, 5) is 63.9. The lowest BCUT2D eigenvalue weighted by molar-refractivity contribution is -0.321. The van der Waals surface area contributed by atoms with Gasteiger partial charge in [0.2, 0.25) is 11.8 Å². The van der Waals surface area contributed by atoms with E-state index in [1.807, 2.05) is 5.32 Å². The second kappa shape index (κ2) is 10.7. The van der Waals surface area contributed by atoms with Crippen molar-refractivity contribution in [2.75, 3.05) is 25.0 Å². The average molecular weight is 578 g/mol. The summed E-state index contributed by atoms with van der Waals surface area (Å²) in [5.74, 6) is -10.8. The Morgan fingerprint density at radius 3 is 2.42 bits per heavy atom. The molecule has 2 heterocycles. The number of rotatable bonds is 8. The number of hydrogen-bond donors (Lipinski definition) is 3. The van der Waals surface area contributed by atoms with Crippen LogP contribution < -0.4 is 16.0 Å². The number of halogens is 6. The standard InChI is InChI=1S/C24H24F6N4O6/c25-13-3-1-2-4-14(13)32-20(38)21(39)34-11-22(10-23(22,26)27)8-16(34)19(37)33-15(7-12-5-6-31-18(12)36)17(35)9-40-24(28,29)30/h1-4,12,15-16H,5-11H2,(H,31,36)(H,32,38)(H,33,37)/t12-,15-,16-,22?/m0/s1. The third kappa shape index (κ3) is 6.21. The molecule has 4 atom stereocenters. The Balaban J connectivity index is 1.53. The van der Waals surface area contributed by atoms with Crippen molar-refractivity contribution in [1.82, 2.24) is 15.5 Å². The van der Waals surface area contributed by atoms with Crippen molar-refractivity contribution in [3.8, 4) is 0 Å². The number of likely N-dealkylation sites (tertiary alicyclic amines) is 1. The third-order valence-corrected chi connectivity index (χ3v) is 7.29. The number of para-hydroxylation sites is 1. The lowest BCUT2D eigenvalue weighted by Crippen LogP contribution is -2.53. The Kier molecular flexibility index (Phi) is 7.84. The lowest BCUT2D eigenvalue weighted by Gasteiger charge is -2.26. The van der Waals surface area contributed by atoms with E-state index in [0.29, 0.717) is 4.90 Å². The van der Waals surface area contributed by atoms with Gasteiger partial charge in [-0.2, -0.15) is 0 Å². The molecule has 16 heteroatoms. The van der Waals surface area contributed by atoms with E-state index in [2.05, 4.69) is 15.4 Å². The number of benzene rings is 1. The Hall–Kier alpha value is -3.69. The molecule has 0 aromatic heterocycles. The molecule has 4 rings (SSSR count). The monoisotopic (exact) mass is 578 g/mol. The zero-order valence-electron chi connectivity index (χ0n) is 20.7. The molecule has 1 aromatic carbocycles. The van der Waals surface area contributed by atoms with Gasteiger partial charge in [-0.25, -0.2) is 13.2 Å². The highest BCUT2D eigenvalue weighted by Gasteiger charge is 2.75. The van der Waals surface area contributed by atoms with E-state index in [1.54, 1.807) is 0 Å². The van der Waals surface area contributed by atoms with E-state index < -0.39 is 103 Å². The number of nitrogens with one attached hydrogen (secondary N) is 3. The average Bonchev–Trinajstić information content (AvgIpc) is 3.17. The van der Waals surface area contributed by atoms with Crippen molar-refractivity contribution in [2.24, 2.45) is 11.3 Å². The number of anilines is 1. The van der Waals surface area contributed by atoms with Gasteiger partial charge in [0, 0.05) is 25.4 Å². The van der Waals surface area contributed by atoms with Crippen LogP contribution in [-0.4, -0.2) is 78.4 Å². The molecule has 218 valence electrons. The van der Waals surface area contributed by atoms with E-state index in [1.165, 1.54) is 12.1 Å². The maximum Gasteiger partial charge on any atom is 0.522 e. The molecule has 40 heavy (non-hydrogen) atoms.